The number of alkyl halides is 3. The molecule has 0 amide bonds. The maximum Gasteiger partial charge on any atom is 0.447 e. The molecule has 0 atom stereocenters. The maximum atomic E-state index is 12.5. The van der Waals surface area contributed by atoms with E-state index in [1.165, 1.54) is 16.8 Å². The highest BCUT2D eigenvalue weighted by Crippen LogP contribution is 2.39. The van der Waals surface area contributed by atoms with Gasteiger partial charge in [0.1, 0.15) is 5.03 Å². The molecule has 3 nitrogen and oxygen atoms in total. The van der Waals surface area contributed by atoms with Crippen molar-refractivity contribution in [2.45, 2.75) is 51.1 Å². The Morgan fingerprint density at radius 3 is 2.35 bits per heavy atom. The van der Waals surface area contributed by atoms with Gasteiger partial charge in [0.05, 0.1) is 11.4 Å². The fourth-order valence-corrected chi connectivity index (χ4v) is 2.39. The van der Waals surface area contributed by atoms with Crippen molar-refractivity contribution in [3.05, 3.63) is 23.8 Å². The summed E-state index contributed by atoms with van der Waals surface area (Å²) in [7, 11) is 0. The standard InChI is InChI=1S/C11H12F3N3S.C2H6/c1-6(2)8-9-16-7(3)10(18-11(12,13)14)17(9)5-4-15-8;1-2/h4-6H,1-3H3;1-2H3. The number of fused-ring (bicyclic) bond motifs is 1. The molecular weight excluding hydrogens is 287 g/mol. The van der Waals surface area contributed by atoms with Crippen LogP contribution in [0.4, 0.5) is 13.2 Å². The van der Waals surface area contributed by atoms with E-state index < -0.39 is 5.51 Å². The van der Waals surface area contributed by atoms with Gasteiger partial charge in [0, 0.05) is 24.2 Å². The predicted octanol–water partition coefficient (Wildman–Crippen LogP) is 4.80. The number of halogens is 3. The predicted molar refractivity (Wildman–Crippen MR) is 75.1 cm³/mol. The van der Waals surface area contributed by atoms with Crippen molar-refractivity contribution in [1.29, 1.82) is 0 Å². The molecule has 2 heterocycles. The maximum absolute atomic E-state index is 12.5. The second-order valence-electron chi connectivity index (χ2n) is 4.21. The van der Waals surface area contributed by atoms with E-state index in [0.717, 1.165) is 0 Å². The van der Waals surface area contributed by atoms with Gasteiger partial charge in [-0.25, -0.2) is 4.98 Å². The second-order valence-corrected chi connectivity index (χ2v) is 5.26. The van der Waals surface area contributed by atoms with Crippen molar-refractivity contribution in [3.63, 3.8) is 0 Å². The van der Waals surface area contributed by atoms with Crippen LogP contribution in [0.3, 0.4) is 0 Å². The summed E-state index contributed by atoms with van der Waals surface area (Å²) in [6.45, 7) is 9.44. The number of aryl methyl sites for hydroxylation is 1. The van der Waals surface area contributed by atoms with E-state index in [1.54, 1.807) is 6.92 Å². The van der Waals surface area contributed by atoms with Crippen LogP contribution in [0.15, 0.2) is 17.4 Å². The molecule has 0 saturated carbocycles. The zero-order valence-corrected chi connectivity index (χ0v) is 12.9. The second kappa shape index (κ2) is 6.47. The van der Waals surface area contributed by atoms with E-state index in [2.05, 4.69) is 9.97 Å². The summed E-state index contributed by atoms with van der Waals surface area (Å²) in [6, 6.07) is 0. The Kier molecular flexibility index (Phi) is 5.44. The quantitative estimate of drug-likeness (QED) is 0.747. The number of nitrogens with zero attached hydrogens (tertiary/aromatic N) is 3. The summed E-state index contributed by atoms with van der Waals surface area (Å²) in [5, 5.41) is 0.0989. The Balaban J connectivity index is 0.000000956. The van der Waals surface area contributed by atoms with Gasteiger partial charge in [0.15, 0.2) is 5.65 Å². The zero-order chi connectivity index (χ0) is 15.5. The fourth-order valence-electron chi connectivity index (χ4n) is 1.73. The number of thioether (sulfide) groups is 1. The van der Waals surface area contributed by atoms with Crippen LogP contribution in [0.1, 0.15) is 45.0 Å². The molecule has 7 heteroatoms. The summed E-state index contributed by atoms with van der Waals surface area (Å²) in [6.07, 6.45) is 3.01. The zero-order valence-electron chi connectivity index (χ0n) is 12.1. The smallest absolute Gasteiger partial charge is 0.291 e. The molecule has 2 aromatic rings. The van der Waals surface area contributed by atoms with Crippen LogP contribution in [0.5, 0.6) is 0 Å². The van der Waals surface area contributed by atoms with Gasteiger partial charge in [-0.2, -0.15) is 13.2 Å². The van der Waals surface area contributed by atoms with Crippen LogP contribution in [-0.4, -0.2) is 19.9 Å². The minimum absolute atomic E-state index is 0.0989. The lowest BCUT2D eigenvalue weighted by molar-refractivity contribution is -0.0330. The molecule has 0 aliphatic heterocycles. The Morgan fingerprint density at radius 1 is 1.25 bits per heavy atom. The van der Waals surface area contributed by atoms with E-state index in [-0.39, 0.29) is 22.7 Å². The molecule has 0 bridgehead atoms. The van der Waals surface area contributed by atoms with Crippen LogP contribution in [-0.2, 0) is 0 Å². The summed E-state index contributed by atoms with van der Waals surface area (Å²) in [4.78, 5) is 8.38. The Hall–Kier alpha value is -1.24. The van der Waals surface area contributed by atoms with Crippen molar-refractivity contribution >= 4 is 17.4 Å². The van der Waals surface area contributed by atoms with Crippen LogP contribution in [0, 0.1) is 6.92 Å². The minimum Gasteiger partial charge on any atom is -0.291 e. The van der Waals surface area contributed by atoms with Gasteiger partial charge in [-0.05, 0) is 12.8 Å². The lowest BCUT2D eigenvalue weighted by Gasteiger charge is -2.08. The van der Waals surface area contributed by atoms with Gasteiger partial charge in [-0.3, -0.25) is 9.38 Å². The third-order valence-corrected chi connectivity index (χ3v) is 3.36. The van der Waals surface area contributed by atoms with Crippen molar-refractivity contribution in [1.82, 2.24) is 14.4 Å². The first-order valence-electron chi connectivity index (χ1n) is 6.39. The molecule has 0 aliphatic rings. The topological polar surface area (TPSA) is 30.2 Å². The Morgan fingerprint density at radius 2 is 1.85 bits per heavy atom. The molecule has 20 heavy (non-hydrogen) atoms. The van der Waals surface area contributed by atoms with E-state index in [4.69, 9.17) is 0 Å². The normalized spacial score (nSPS) is 11.7. The lowest BCUT2D eigenvalue weighted by Crippen LogP contribution is -2.03. The van der Waals surface area contributed by atoms with Gasteiger partial charge in [0.25, 0.3) is 0 Å². The average Bonchev–Trinajstić information content (AvgIpc) is 2.66. The number of hydrogen-bond donors (Lipinski definition) is 0. The number of imidazole rings is 1. The number of hydrogen-bond acceptors (Lipinski definition) is 3. The van der Waals surface area contributed by atoms with Gasteiger partial charge in [-0.15, -0.1) is 0 Å². The number of aromatic nitrogens is 3. The first kappa shape index (κ1) is 16.8. The third-order valence-electron chi connectivity index (χ3n) is 2.45. The van der Waals surface area contributed by atoms with E-state index in [0.29, 0.717) is 17.0 Å². The molecule has 0 aromatic carbocycles. The van der Waals surface area contributed by atoms with Gasteiger partial charge < -0.3 is 0 Å². The van der Waals surface area contributed by atoms with Crippen molar-refractivity contribution in [2.75, 3.05) is 0 Å². The summed E-state index contributed by atoms with van der Waals surface area (Å²) >= 11 is -0.143. The van der Waals surface area contributed by atoms with Gasteiger partial charge in [-0.1, -0.05) is 27.7 Å². The fraction of sp³-hybridized carbons (Fsp3) is 0.538. The summed E-state index contributed by atoms with van der Waals surface area (Å²) < 4.78 is 38.9. The molecular formula is C13H18F3N3S. The lowest BCUT2D eigenvalue weighted by atomic mass is 10.1. The molecule has 2 rings (SSSR count). The van der Waals surface area contributed by atoms with Crippen LogP contribution in [0.25, 0.3) is 5.65 Å². The van der Waals surface area contributed by atoms with Crippen LogP contribution >= 0.6 is 11.8 Å². The largest absolute Gasteiger partial charge is 0.447 e. The van der Waals surface area contributed by atoms with E-state index in [1.807, 2.05) is 27.7 Å². The van der Waals surface area contributed by atoms with Crippen molar-refractivity contribution in [2.24, 2.45) is 0 Å². The first-order valence-corrected chi connectivity index (χ1v) is 7.20. The molecule has 0 spiro atoms. The molecule has 0 saturated heterocycles. The molecule has 0 aliphatic carbocycles. The van der Waals surface area contributed by atoms with Crippen molar-refractivity contribution < 1.29 is 13.2 Å². The van der Waals surface area contributed by atoms with E-state index >= 15 is 0 Å². The number of rotatable bonds is 2. The highest BCUT2D eigenvalue weighted by Gasteiger charge is 2.32. The molecule has 2 aromatic heterocycles. The highest BCUT2D eigenvalue weighted by atomic mass is 32.2. The summed E-state index contributed by atoms with van der Waals surface area (Å²) in [5.41, 5.74) is -2.75. The summed E-state index contributed by atoms with van der Waals surface area (Å²) in [5.74, 6) is 0.110. The van der Waals surface area contributed by atoms with E-state index in [9.17, 15) is 13.2 Å². The molecule has 0 unspecified atom stereocenters. The molecule has 0 N–H and O–H groups in total. The molecule has 0 fully saturated rings. The van der Waals surface area contributed by atoms with Crippen molar-refractivity contribution in [3.8, 4) is 0 Å². The average molecular weight is 305 g/mol. The highest BCUT2D eigenvalue weighted by molar-refractivity contribution is 8.00. The molecule has 112 valence electrons. The third kappa shape index (κ3) is 3.65. The van der Waals surface area contributed by atoms with Crippen LogP contribution in [0.2, 0.25) is 0 Å². The molecule has 0 radical (unpaired) electrons. The Labute approximate surface area is 120 Å². The van der Waals surface area contributed by atoms with Gasteiger partial charge >= 0.3 is 5.51 Å². The van der Waals surface area contributed by atoms with Crippen LogP contribution < -0.4 is 0 Å². The SMILES string of the molecule is CC.Cc1nc2c(C(C)C)nccn2c1SC(F)(F)F. The monoisotopic (exact) mass is 305 g/mol. The van der Waals surface area contributed by atoms with Gasteiger partial charge in [0.2, 0.25) is 0 Å². The minimum atomic E-state index is -4.32. The first-order chi connectivity index (χ1) is 9.29. The Bertz CT molecular complexity index is 576.